The average Bonchev–Trinajstić information content (AvgIpc) is 2.45. The molecule has 0 saturated heterocycles. The molecule has 21 heavy (non-hydrogen) atoms. The van der Waals surface area contributed by atoms with Crippen LogP contribution in [0.25, 0.3) is 0 Å². The summed E-state index contributed by atoms with van der Waals surface area (Å²) in [4.78, 5) is 0. The minimum atomic E-state index is -4.20. The van der Waals surface area contributed by atoms with Crippen LogP contribution in [0.5, 0.6) is 11.5 Å². The Labute approximate surface area is 122 Å². The van der Waals surface area contributed by atoms with Gasteiger partial charge in [0.2, 0.25) is 0 Å². The number of nitrogens with one attached hydrogen (secondary N) is 1. The van der Waals surface area contributed by atoms with E-state index in [-0.39, 0.29) is 19.3 Å². The molecular weight excluding hydrogens is 287 g/mol. The van der Waals surface area contributed by atoms with Gasteiger partial charge in [0.1, 0.15) is 0 Å². The molecule has 1 aromatic rings. The Balaban J connectivity index is 2.63. The first-order valence-electron chi connectivity index (χ1n) is 6.45. The summed E-state index contributed by atoms with van der Waals surface area (Å²) in [5.41, 5.74) is 0.849. The van der Waals surface area contributed by atoms with Crippen LogP contribution in [0.1, 0.15) is 18.0 Å². The third-order valence-electron chi connectivity index (χ3n) is 2.97. The molecule has 0 saturated carbocycles. The van der Waals surface area contributed by atoms with Crippen molar-refractivity contribution in [2.45, 2.75) is 18.6 Å². The summed E-state index contributed by atoms with van der Waals surface area (Å²) in [6.07, 6.45) is -5.14. The van der Waals surface area contributed by atoms with Crippen LogP contribution in [0.3, 0.4) is 0 Å². The molecule has 0 aliphatic carbocycles. The Morgan fingerprint density at radius 1 is 1.14 bits per heavy atom. The predicted molar refractivity (Wildman–Crippen MR) is 72.8 cm³/mol. The van der Waals surface area contributed by atoms with E-state index in [0.29, 0.717) is 11.5 Å². The van der Waals surface area contributed by atoms with Gasteiger partial charge in [0.15, 0.2) is 11.5 Å². The lowest BCUT2D eigenvalue weighted by Gasteiger charge is -2.19. The number of methoxy groups -OCH3 is 2. The van der Waals surface area contributed by atoms with Crippen LogP contribution in [-0.2, 0) is 4.74 Å². The maximum atomic E-state index is 12.0. The number of hydrogen-bond donors (Lipinski definition) is 1. The minimum Gasteiger partial charge on any atom is -0.493 e. The van der Waals surface area contributed by atoms with Crippen LogP contribution >= 0.6 is 0 Å². The van der Waals surface area contributed by atoms with Gasteiger partial charge in [0, 0.05) is 0 Å². The lowest BCUT2D eigenvalue weighted by atomic mass is 10.1. The van der Waals surface area contributed by atoms with Gasteiger partial charge in [-0.15, -0.1) is 0 Å². The van der Waals surface area contributed by atoms with Gasteiger partial charge < -0.3 is 19.5 Å². The van der Waals surface area contributed by atoms with E-state index >= 15 is 0 Å². The van der Waals surface area contributed by atoms with Gasteiger partial charge >= 0.3 is 6.18 Å². The Kier molecular flexibility index (Phi) is 6.77. The number of ether oxygens (including phenoxy) is 3. The van der Waals surface area contributed by atoms with Gasteiger partial charge in [-0.2, -0.15) is 13.2 Å². The van der Waals surface area contributed by atoms with Crippen molar-refractivity contribution in [3.8, 4) is 11.5 Å². The summed E-state index contributed by atoms with van der Waals surface area (Å²) in [6, 6.07) is 5.11. The zero-order chi connectivity index (χ0) is 15.9. The molecule has 0 bridgehead atoms. The zero-order valence-electron chi connectivity index (χ0n) is 12.3. The van der Waals surface area contributed by atoms with Gasteiger partial charge in [-0.05, 0) is 24.7 Å². The maximum Gasteiger partial charge on any atom is 0.391 e. The van der Waals surface area contributed by atoms with Crippen molar-refractivity contribution in [3.05, 3.63) is 23.8 Å². The van der Waals surface area contributed by atoms with Crippen LogP contribution in [0.15, 0.2) is 18.2 Å². The summed E-state index contributed by atoms with van der Waals surface area (Å²) >= 11 is 0. The van der Waals surface area contributed by atoms with Crippen molar-refractivity contribution in [3.63, 3.8) is 0 Å². The van der Waals surface area contributed by atoms with Crippen LogP contribution in [0, 0.1) is 0 Å². The van der Waals surface area contributed by atoms with Crippen LogP contribution in [0.2, 0.25) is 0 Å². The molecule has 0 radical (unpaired) electrons. The van der Waals surface area contributed by atoms with E-state index in [2.05, 4.69) is 5.32 Å². The van der Waals surface area contributed by atoms with Gasteiger partial charge in [-0.1, -0.05) is 6.07 Å². The number of halogens is 3. The van der Waals surface area contributed by atoms with E-state index in [9.17, 15) is 13.2 Å². The molecule has 1 N–H and O–H groups in total. The lowest BCUT2D eigenvalue weighted by Crippen LogP contribution is -2.23. The molecule has 0 spiro atoms. The molecular formula is C14H20F3NO3. The molecule has 1 atom stereocenters. The number of likely N-dealkylation sites (N-methyl/N-ethyl adjacent to an activating group) is 1. The van der Waals surface area contributed by atoms with Crippen molar-refractivity contribution in [2.24, 2.45) is 0 Å². The van der Waals surface area contributed by atoms with Crippen LogP contribution < -0.4 is 14.8 Å². The lowest BCUT2D eigenvalue weighted by molar-refractivity contribution is -0.145. The minimum absolute atomic E-state index is 0.141. The highest BCUT2D eigenvalue weighted by Gasteiger charge is 2.26. The largest absolute Gasteiger partial charge is 0.493 e. The molecule has 0 heterocycles. The number of rotatable bonds is 8. The third-order valence-corrected chi connectivity index (χ3v) is 2.97. The van der Waals surface area contributed by atoms with Gasteiger partial charge in [-0.3, -0.25) is 0 Å². The second kappa shape index (κ2) is 8.09. The summed E-state index contributed by atoms with van der Waals surface area (Å²) in [5, 5.41) is 3.00. The van der Waals surface area contributed by atoms with Gasteiger partial charge in [0.25, 0.3) is 0 Å². The van der Waals surface area contributed by atoms with E-state index in [1.807, 2.05) is 6.07 Å². The molecule has 120 valence electrons. The Hall–Kier alpha value is -1.47. The van der Waals surface area contributed by atoms with Crippen molar-refractivity contribution >= 4 is 0 Å². The standard InChI is InChI=1S/C14H20F3NO3/c1-18-11(9-21-7-6-14(15,16)17)10-4-5-12(19-2)13(8-10)20-3/h4-5,8,11,18H,6-7,9H2,1-3H3. The highest BCUT2D eigenvalue weighted by Crippen LogP contribution is 2.30. The molecule has 7 heteroatoms. The molecule has 0 amide bonds. The first-order valence-corrected chi connectivity index (χ1v) is 6.45. The van der Waals surface area contributed by atoms with Gasteiger partial charge in [0.05, 0.1) is 39.9 Å². The van der Waals surface area contributed by atoms with Crippen molar-refractivity contribution in [1.82, 2.24) is 5.32 Å². The Bertz CT molecular complexity index is 438. The highest BCUT2D eigenvalue weighted by molar-refractivity contribution is 5.43. The second-order valence-corrected chi connectivity index (χ2v) is 4.40. The smallest absolute Gasteiger partial charge is 0.391 e. The van der Waals surface area contributed by atoms with Crippen molar-refractivity contribution in [2.75, 3.05) is 34.5 Å². The van der Waals surface area contributed by atoms with Crippen molar-refractivity contribution < 1.29 is 27.4 Å². The van der Waals surface area contributed by atoms with Crippen LogP contribution in [0.4, 0.5) is 13.2 Å². The molecule has 1 aromatic carbocycles. The number of hydrogen-bond acceptors (Lipinski definition) is 4. The van der Waals surface area contributed by atoms with E-state index in [4.69, 9.17) is 14.2 Å². The molecule has 0 aromatic heterocycles. The summed E-state index contributed by atoms with van der Waals surface area (Å²) < 4.78 is 51.6. The summed E-state index contributed by atoms with van der Waals surface area (Å²) in [5.74, 6) is 1.15. The molecule has 0 aliphatic rings. The SMILES string of the molecule is CNC(COCCC(F)(F)F)c1ccc(OC)c(OC)c1. The maximum absolute atomic E-state index is 12.0. The monoisotopic (exact) mass is 307 g/mol. The zero-order valence-corrected chi connectivity index (χ0v) is 12.3. The summed E-state index contributed by atoms with van der Waals surface area (Å²) in [6.45, 7) is -0.211. The Morgan fingerprint density at radius 2 is 1.81 bits per heavy atom. The second-order valence-electron chi connectivity index (χ2n) is 4.40. The number of alkyl halides is 3. The first-order chi connectivity index (χ1) is 9.91. The van der Waals surface area contributed by atoms with Crippen LogP contribution in [-0.4, -0.2) is 40.7 Å². The first kappa shape index (κ1) is 17.6. The molecule has 1 rings (SSSR count). The topological polar surface area (TPSA) is 39.7 Å². The predicted octanol–water partition coefficient (Wildman–Crippen LogP) is 2.93. The Morgan fingerprint density at radius 3 is 2.33 bits per heavy atom. The quantitative estimate of drug-likeness (QED) is 0.750. The molecule has 4 nitrogen and oxygen atoms in total. The normalized spacial score (nSPS) is 13.0. The van der Waals surface area contributed by atoms with Crippen molar-refractivity contribution in [1.29, 1.82) is 0 Å². The van der Waals surface area contributed by atoms with E-state index in [1.54, 1.807) is 19.2 Å². The number of benzene rings is 1. The van der Waals surface area contributed by atoms with E-state index < -0.39 is 12.6 Å². The average molecular weight is 307 g/mol. The molecule has 0 fully saturated rings. The molecule has 0 aliphatic heterocycles. The fourth-order valence-electron chi connectivity index (χ4n) is 1.80. The fourth-order valence-corrected chi connectivity index (χ4v) is 1.80. The van der Waals surface area contributed by atoms with Gasteiger partial charge in [-0.25, -0.2) is 0 Å². The van der Waals surface area contributed by atoms with E-state index in [0.717, 1.165) is 5.56 Å². The summed E-state index contributed by atoms with van der Waals surface area (Å²) in [7, 11) is 4.78. The highest BCUT2D eigenvalue weighted by atomic mass is 19.4. The molecule has 1 unspecified atom stereocenters. The van der Waals surface area contributed by atoms with E-state index in [1.165, 1.54) is 14.2 Å². The fraction of sp³-hybridized carbons (Fsp3) is 0.571. The third kappa shape index (κ3) is 5.81.